The highest BCUT2D eigenvalue weighted by Gasteiger charge is 2.42. The molecule has 1 aliphatic carbocycles. The Labute approximate surface area is 154 Å². The van der Waals surface area contributed by atoms with Crippen LogP contribution in [0.2, 0.25) is 10.0 Å². The van der Waals surface area contributed by atoms with E-state index in [1.165, 1.54) is 0 Å². The van der Waals surface area contributed by atoms with Gasteiger partial charge in [0.15, 0.2) is 5.65 Å². The Balaban J connectivity index is 2.14. The van der Waals surface area contributed by atoms with Gasteiger partial charge in [0.25, 0.3) is 0 Å². The van der Waals surface area contributed by atoms with Crippen LogP contribution in [0.15, 0.2) is 12.4 Å². The fraction of sp³-hybridized carbons (Fsp3) is 0.353. The van der Waals surface area contributed by atoms with Crippen LogP contribution in [0, 0.1) is 5.41 Å². The van der Waals surface area contributed by atoms with Crippen LogP contribution >= 0.6 is 23.2 Å². The number of H-pyrrole nitrogens is 1. The lowest BCUT2D eigenvalue weighted by molar-refractivity contribution is 0.276. The number of anilines is 2. The number of halogens is 2. The molecular formula is C17H18Cl2N6. The minimum Gasteiger partial charge on any atom is -0.384 e. The van der Waals surface area contributed by atoms with E-state index in [9.17, 15) is 0 Å². The zero-order chi connectivity index (χ0) is 17.9. The van der Waals surface area contributed by atoms with Crippen LogP contribution in [0.25, 0.3) is 11.0 Å². The third kappa shape index (κ3) is 2.35. The molecule has 5 N–H and O–H groups in total. The van der Waals surface area contributed by atoms with Crippen LogP contribution in [0.1, 0.15) is 42.9 Å². The van der Waals surface area contributed by atoms with Crippen molar-refractivity contribution in [3.63, 3.8) is 0 Å². The van der Waals surface area contributed by atoms with Gasteiger partial charge in [-0.25, -0.2) is 4.98 Å². The van der Waals surface area contributed by atoms with Gasteiger partial charge in [0.2, 0.25) is 0 Å². The first-order chi connectivity index (χ1) is 11.8. The summed E-state index contributed by atoms with van der Waals surface area (Å²) in [5, 5.41) is 8.86. The van der Waals surface area contributed by atoms with E-state index in [-0.39, 0.29) is 11.3 Å². The SMILES string of the molecule is CC1(C)CCc2c(N)nc3n[nH]c(N)c3c2C1c1c(Cl)cncc1Cl. The number of fused-ring (bicyclic) bond motifs is 3. The lowest BCUT2D eigenvalue weighted by Crippen LogP contribution is -2.31. The van der Waals surface area contributed by atoms with Crippen LogP contribution in [0.4, 0.5) is 11.6 Å². The van der Waals surface area contributed by atoms with Gasteiger partial charge in [0.05, 0.1) is 15.4 Å². The zero-order valence-corrected chi connectivity index (χ0v) is 15.4. The number of nitrogens with two attached hydrogens (primary N) is 2. The van der Waals surface area contributed by atoms with Gasteiger partial charge in [-0.2, -0.15) is 5.10 Å². The van der Waals surface area contributed by atoms with Gasteiger partial charge in [-0.05, 0) is 29.4 Å². The molecule has 3 heterocycles. The highest BCUT2D eigenvalue weighted by Crippen LogP contribution is 2.54. The molecule has 0 bridgehead atoms. The Hall–Kier alpha value is -2.05. The molecule has 1 unspecified atom stereocenters. The number of aromatic nitrogens is 4. The van der Waals surface area contributed by atoms with Gasteiger partial charge in [0.1, 0.15) is 11.6 Å². The number of aromatic amines is 1. The molecule has 8 heteroatoms. The highest BCUT2D eigenvalue weighted by atomic mass is 35.5. The maximum atomic E-state index is 6.51. The molecule has 6 nitrogen and oxygen atoms in total. The van der Waals surface area contributed by atoms with Crippen molar-refractivity contribution in [2.24, 2.45) is 5.41 Å². The first-order valence-electron chi connectivity index (χ1n) is 8.02. The molecule has 0 radical (unpaired) electrons. The smallest absolute Gasteiger partial charge is 0.185 e. The molecular weight excluding hydrogens is 359 g/mol. The minimum atomic E-state index is -0.105. The summed E-state index contributed by atoms with van der Waals surface area (Å²) in [5.74, 6) is 0.866. The number of nitrogens with zero attached hydrogens (tertiary/aromatic N) is 3. The van der Waals surface area contributed by atoms with Gasteiger partial charge in [-0.1, -0.05) is 37.0 Å². The molecule has 0 aromatic carbocycles. The maximum absolute atomic E-state index is 6.51. The second-order valence-electron chi connectivity index (χ2n) is 7.16. The Bertz CT molecular complexity index is 974. The third-order valence-electron chi connectivity index (χ3n) is 5.17. The van der Waals surface area contributed by atoms with Crippen LogP contribution < -0.4 is 11.5 Å². The fourth-order valence-electron chi connectivity index (χ4n) is 3.96. The highest BCUT2D eigenvalue weighted by molar-refractivity contribution is 6.36. The van der Waals surface area contributed by atoms with Crippen molar-refractivity contribution in [3.8, 4) is 0 Å². The lowest BCUT2D eigenvalue weighted by atomic mass is 9.63. The molecule has 25 heavy (non-hydrogen) atoms. The summed E-state index contributed by atoms with van der Waals surface area (Å²) in [6.07, 6.45) is 4.98. The molecule has 0 aliphatic heterocycles. The summed E-state index contributed by atoms with van der Waals surface area (Å²) in [6.45, 7) is 4.40. The average molecular weight is 377 g/mol. The molecule has 1 atom stereocenters. The molecule has 130 valence electrons. The van der Waals surface area contributed by atoms with Crippen LogP contribution in [-0.4, -0.2) is 20.2 Å². The summed E-state index contributed by atoms with van der Waals surface area (Å²) >= 11 is 13.0. The number of nitrogens with one attached hydrogen (secondary N) is 1. The third-order valence-corrected chi connectivity index (χ3v) is 5.78. The monoisotopic (exact) mass is 376 g/mol. The minimum absolute atomic E-state index is 0.0908. The molecule has 4 rings (SSSR count). The number of pyridine rings is 2. The molecule has 0 spiro atoms. The number of nitrogen functional groups attached to an aromatic ring is 2. The summed E-state index contributed by atoms with van der Waals surface area (Å²) < 4.78 is 0. The van der Waals surface area contributed by atoms with Crippen LogP contribution in [-0.2, 0) is 6.42 Å². The first-order valence-corrected chi connectivity index (χ1v) is 8.77. The molecule has 3 aromatic rings. The van der Waals surface area contributed by atoms with E-state index in [0.29, 0.717) is 27.3 Å². The molecule has 0 saturated heterocycles. The molecule has 0 fully saturated rings. The van der Waals surface area contributed by atoms with Crippen molar-refractivity contribution < 1.29 is 0 Å². The van der Waals surface area contributed by atoms with E-state index in [1.54, 1.807) is 12.4 Å². The van der Waals surface area contributed by atoms with E-state index in [0.717, 1.165) is 34.9 Å². The predicted octanol–water partition coefficient (Wildman–Crippen LogP) is 3.93. The average Bonchev–Trinajstić information content (AvgIpc) is 2.89. The molecule has 1 aliphatic rings. The molecule has 0 amide bonds. The summed E-state index contributed by atoms with van der Waals surface area (Å²) in [7, 11) is 0. The quantitative estimate of drug-likeness (QED) is 0.596. The fourth-order valence-corrected chi connectivity index (χ4v) is 4.54. The summed E-state index contributed by atoms with van der Waals surface area (Å²) in [5.41, 5.74) is 15.7. The van der Waals surface area contributed by atoms with Crippen molar-refractivity contribution >= 4 is 45.9 Å². The van der Waals surface area contributed by atoms with Crippen LogP contribution in [0.3, 0.4) is 0 Å². The second kappa shape index (κ2) is 5.47. The van der Waals surface area contributed by atoms with Gasteiger partial charge in [-0.3, -0.25) is 10.1 Å². The van der Waals surface area contributed by atoms with Crippen LogP contribution in [0.5, 0.6) is 0 Å². The number of hydrogen-bond donors (Lipinski definition) is 3. The standard InChI is InChI=1S/C17H18Cl2N6/c1-17(2)4-3-7-10(12-15(21)24-25-16(12)23-14(7)20)13(17)11-8(18)5-22-6-9(11)19/h5-6,13H,3-4H2,1-2H3,(H5,20,21,23,24,25). The Morgan fingerprint density at radius 1 is 1.16 bits per heavy atom. The van der Waals surface area contributed by atoms with Gasteiger partial charge in [0, 0.05) is 23.9 Å². The first kappa shape index (κ1) is 16.4. The van der Waals surface area contributed by atoms with Crippen molar-refractivity contribution in [1.29, 1.82) is 0 Å². The maximum Gasteiger partial charge on any atom is 0.185 e. The van der Waals surface area contributed by atoms with E-state index in [2.05, 4.69) is 34.0 Å². The summed E-state index contributed by atoms with van der Waals surface area (Å²) in [6, 6.07) is 0. The topological polar surface area (TPSA) is 106 Å². The summed E-state index contributed by atoms with van der Waals surface area (Å²) in [4.78, 5) is 8.49. The Morgan fingerprint density at radius 3 is 2.52 bits per heavy atom. The van der Waals surface area contributed by atoms with Gasteiger partial charge >= 0.3 is 0 Å². The zero-order valence-electron chi connectivity index (χ0n) is 13.9. The Morgan fingerprint density at radius 2 is 1.84 bits per heavy atom. The van der Waals surface area contributed by atoms with Crippen molar-refractivity contribution in [3.05, 3.63) is 39.1 Å². The number of rotatable bonds is 1. The molecule has 3 aromatic heterocycles. The predicted molar refractivity (Wildman–Crippen MR) is 101 cm³/mol. The number of hydrogen-bond acceptors (Lipinski definition) is 5. The lowest BCUT2D eigenvalue weighted by Gasteiger charge is -2.41. The largest absolute Gasteiger partial charge is 0.384 e. The van der Waals surface area contributed by atoms with E-state index in [4.69, 9.17) is 34.7 Å². The van der Waals surface area contributed by atoms with Crippen molar-refractivity contribution in [1.82, 2.24) is 20.2 Å². The van der Waals surface area contributed by atoms with Gasteiger partial charge < -0.3 is 11.5 Å². The van der Waals surface area contributed by atoms with E-state index in [1.807, 2.05) is 0 Å². The normalized spacial score (nSPS) is 19.1. The van der Waals surface area contributed by atoms with Gasteiger partial charge in [-0.15, -0.1) is 0 Å². The van der Waals surface area contributed by atoms with E-state index >= 15 is 0 Å². The Kier molecular flexibility index (Phi) is 3.60. The second-order valence-corrected chi connectivity index (χ2v) is 7.98. The van der Waals surface area contributed by atoms with Crippen molar-refractivity contribution in [2.45, 2.75) is 32.6 Å². The molecule has 0 saturated carbocycles. The van der Waals surface area contributed by atoms with Crippen molar-refractivity contribution in [2.75, 3.05) is 11.5 Å². The van der Waals surface area contributed by atoms with E-state index < -0.39 is 0 Å².